The Morgan fingerprint density at radius 1 is 1.45 bits per heavy atom. The zero-order valence-electron chi connectivity index (χ0n) is 12.0. The number of allylic oxidation sites excluding steroid dienone is 1. The van der Waals surface area contributed by atoms with Crippen LogP contribution in [0.1, 0.15) is 38.7 Å². The molecule has 20 heavy (non-hydrogen) atoms. The van der Waals surface area contributed by atoms with Gasteiger partial charge in [-0.15, -0.1) is 0 Å². The third-order valence-electron chi connectivity index (χ3n) is 4.17. The lowest BCUT2D eigenvalue weighted by Crippen LogP contribution is -2.32. The summed E-state index contributed by atoms with van der Waals surface area (Å²) >= 11 is 6.05. The molecule has 2 nitrogen and oxygen atoms in total. The third-order valence-corrected chi connectivity index (χ3v) is 4.48. The van der Waals surface area contributed by atoms with E-state index >= 15 is 0 Å². The van der Waals surface area contributed by atoms with E-state index in [4.69, 9.17) is 21.6 Å². The molecule has 0 aromatic heterocycles. The van der Waals surface area contributed by atoms with Crippen molar-refractivity contribution < 1.29 is 4.74 Å². The molecule has 3 heteroatoms. The molecule has 1 aromatic carbocycles. The average Bonchev–Trinajstić information content (AvgIpc) is 2.41. The van der Waals surface area contributed by atoms with Gasteiger partial charge in [0.05, 0.1) is 10.6 Å². The fraction of sp³-hybridized carbons (Fsp3) is 0.471. The Kier molecular flexibility index (Phi) is 4.73. The van der Waals surface area contributed by atoms with Gasteiger partial charge >= 0.3 is 0 Å². The number of nitriles is 1. The molecule has 1 aliphatic rings. The maximum absolute atomic E-state index is 8.88. The fourth-order valence-corrected chi connectivity index (χ4v) is 2.94. The lowest BCUT2D eigenvalue weighted by Gasteiger charge is -2.34. The summed E-state index contributed by atoms with van der Waals surface area (Å²) < 4.78 is 6.09. The summed E-state index contributed by atoms with van der Waals surface area (Å²) in [6.07, 6.45) is 3.56. The minimum Gasteiger partial charge on any atom is -0.490 e. The topological polar surface area (TPSA) is 33.0 Å². The van der Waals surface area contributed by atoms with E-state index in [2.05, 4.69) is 26.5 Å². The molecule has 106 valence electrons. The van der Waals surface area contributed by atoms with Crippen LogP contribution in [-0.2, 0) is 0 Å². The zero-order valence-corrected chi connectivity index (χ0v) is 12.8. The van der Waals surface area contributed by atoms with E-state index in [1.165, 1.54) is 12.0 Å². The maximum atomic E-state index is 8.88. The number of nitrogens with zero attached hydrogens (tertiary/aromatic N) is 1. The molecule has 0 saturated heterocycles. The Morgan fingerprint density at radius 2 is 2.20 bits per heavy atom. The van der Waals surface area contributed by atoms with Crippen LogP contribution in [0.5, 0.6) is 5.75 Å². The van der Waals surface area contributed by atoms with Gasteiger partial charge in [0.2, 0.25) is 0 Å². The lowest BCUT2D eigenvalue weighted by atomic mass is 9.78. The van der Waals surface area contributed by atoms with Crippen LogP contribution in [0.3, 0.4) is 0 Å². The van der Waals surface area contributed by atoms with Gasteiger partial charge < -0.3 is 4.74 Å². The predicted octanol–water partition coefficient (Wildman–Crippen LogP) is 4.97. The molecule has 0 heterocycles. The van der Waals surface area contributed by atoms with E-state index in [9.17, 15) is 0 Å². The van der Waals surface area contributed by atoms with Gasteiger partial charge in [0.25, 0.3) is 0 Å². The quantitative estimate of drug-likeness (QED) is 0.736. The SMILES string of the molecule is C=C(C)C1CC[C@H](C)[C@@H](Oc2ccc(C#N)c(Cl)c2)C1. The molecule has 2 rings (SSSR count). The molecule has 1 aromatic rings. The molecular formula is C17H20ClNO. The molecule has 0 radical (unpaired) electrons. The Morgan fingerprint density at radius 3 is 2.80 bits per heavy atom. The average molecular weight is 290 g/mol. The van der Waals surface area contributed by atoms with E-state index < -0.39 is 0 Å². The highest BCUT2D eigenvalue weighted by Gasteiger charge is 2.29. The van der Waals surface area contributed by atoms with Gasteiger partial charge in [-0.05, 0) is 50.2 Å². The largest absolute Gasteiger partial charge is 0.490 e. The Hall–Kier alpha value is -1.46. The summed E-state index contributed by atoms with van der Waals surface area (Å²) in [4.78, 5) is 0. The van der Waals surface area contributed by atoms with Crippen LogP contribution in [0.2, 0.25) is 5.02 Å². The highest BCUT2D eigenvalue weighted by Crippen LogP contribution is 2.35. The lowest BCUT2D eigenvalue weighted by molar-refractivity contribution is 0.0832. The Bertz CT molecular complexity index is 546. The van der Waals surface area contributed by atoms with Crippen molar-refractivity contribution in [2.75, 3.05) is 0 Å². The Labute approximate surface area is 126 Å². The molecule has 0 bridgehead atoms. The number of ether oxygens (including phenoxy) is 1. The smallest absolute Gasteiger partial charge is 0.121 e. The summed E-state index contributed by atoms with van der Waals surface area (Å²) in [6.45, 7) is 8.39. The van der Waals surface area contributed by atoms with Crippen molar-refractivity contribution >= 4 is 11.6 Å². The number of benzene rings is 1. The first-order valence-corrected chi connectivity index (χ1v) is 7.40. The Balaban J connectivity index is 2.10. The van der Waals surface area contributed by atoms with Crippen LogP contribution in [0.15, 0.2) is 30.4 Å². The van der Waals surface area contributed by atoms with Gasteiger partial charge in [0.15, 0.2) is 0 Å². The van der Waals surface area contributed by atoms with Gasteiger partial charge in [-0.25, -0.2) is 0 Å². The first-order chi connectivity index (χ1) is 9.51. The molecule has 0 amide bonds. The van der Waals surface area contributed by atoms with Gasteiger partial charge in [-0.2, -0.15) is 5.26 Å². The molecule has 1 unspecified atom stereocenters. The molecular weight excluding hydrogens is 270 g/mol. The molecule has 0 aliphatic heterocycles. The van der Waals surface area contributed by atoms with E-state index in [0.29, 0.717) is 22.4 Å². The molecule has 1 aliphatic carbocycles. The first kappa shape index (κ1) is 14.9. The van der Waals surface area contributed by atoms with Crippen molar-refractivity contribution in [3.8, 4) is 11.8 Å². The summed E-state index contributed by atoms with van der Waals surface area (Å²) in [6, 6.07) is 7.32. The van der Waals surface area contributed by atoms with Gasteiger partial charge in [0.1, 0.15) is 17.9 Å². The summed E-state index contributed by atoms with van der Waals surface area (Å²) in [7, 11) is 0. The molecule has 0 spiro atoms. The van der Waals surface area contributed by atoms with Crippen molar-refractivity contribution in [3.05, 3.63) is 40.9 Å². The standard InChI is InChI=1S/C17H20ClNO/c1-11(2)13-5-4-12(3)17(8-13)20-15-7-6-14(10-19)16(18)9-15/h6-7,9,12-13,17H,1,4-5,8H2,2-3H3/t12-,13?,17-/m0/s1. The minimum atomic E-state index is 0.189. The predicted molar refractivity (Wildman–Crippen MR) is 81.9 cm³/mol. The minimum absolute atomic E-state index is 0.189. The van der Waals surface area contributed by atoms with E-state index in [0.717, 1.165) is 18.6 Å². The molecule has 0 N–H and O–H groups in total. The van der Waals surface area contributed by atoms with Crippen LogP contribution in [0.25, 0.3) is 0 Å². The van der Waals surface area contributed by atoms with E-state index in [1.807, 2.05) is 6.07 Å². The first-order valence-electron chi connectivity index (χ1n) is 7.03. The molecule has 1 fully saturated rings. The van der Waals surface area contributed by atoms with E-state index in [1.54, 1.807) is 12.1 Å². The van der Waals surface area contributed by atoms with Crippen LogP contribution in [0.4, 0.5) is 0 Å². The van der Waals surface area contributed by atoms with Crippen molar-refractivity contribution in [3.63, 3.8) is 0 Å². The van der Waals surface area contributed by atoms with Gasteiger partial charge in [-0.1, -0.05) is 30.7 Å². The van der Waals surface area contributed by atoms with Crippen molar-refractivity contribution in [2.24, 2.45) is 11.8 Å². The monoisotopic (exact) mass is 289 g/mol. The van der Waals surface area contributed by atoms with Crippen molar-refractivity contribution in [1.82, 2.24) is 0 Å². The summed E-state index contributed by atoms with van der Waals surface area (Å²) in [5, 5.41) is 9.33. The van der Waals surface area contributed by atoms with Crippen molar-refractivity contribution in [2.45, 2.75) is 39.2 Å². The van der Waals surface area contributed by atoms with Crippen LogP contribution >= 0.6 is 11.6 Å². The molecule has 1 saturated carbocycles. The van der Waals surface area contributed by atoms with Gasteiger partial charge in [-0.3, -0.25) is 0 Å². The summed E-state index contributed by atoms with van der Waals surface area (Å²) in [5.74, 6) is 1.82. The zero-order chi connectivity index (χ0) is 14.7. The second kappa shape index (κ2) is 6.33. The van der Waals surface area contributed by atoms with E-state index in [-0.39, 0.29) is 6.10 Å². The third kappa shape index (κ3) is 3.35. The molecule has 3 atom stereocenters. The van der Waals surface area contributed by atoms with Crippen molar-refractivity contribution in [1.29, 1.82) is 5.26 Å². The van der Waals surface area contributed by atoms with Gasteiger partial charge in [0, 0.05) is 6.07 Å². The van der Waals surface area contributed by atoms with Crippen LogP contribution < -0.4 is 4.74 Å². The number of rotatable bonds is 3. The summed E-state index contributed by atoms with van der Waals surface area (Å²) in [5.41, 5.74) is 1.72. The fourth-order valence-electron chi connectivity index (χ4n) is 2.73. The van der Waals surface area contributed by atoms with Crippen LogP contribution in [0, 0.1) is 23.2 Å². The maximum Gasteiger partial charge on any atom is 0.121 e. The highest BCUT2D eigenvalue weighted by molar-refractivity contribution is 6.31. The number of hydrogen-bond donors (Lipinski definition) is 0. The second-order valence-electron chi connectivity index (χ2n) is 5.74. The second-order valence-corrected chi connectivity index (χ2v) is 6.15. The number of halogens is 1. The van der Waals surface area contributed by atoms with Crippen LogP contribution in [-0.4, -0.2) is 6.10 Å². The number of hydrogen-bond acceptors (Lipinski definition) is 2. The highest BCUT2D eigenvalue weighted by atomic mass is 35.5. The normalized spacial score (nSPS) is 25.8.